The number of ether oxygens (including phenoxy) is 1. The lowest BCUT2D eigenvalue weighted by molar-refractivity contribution is -0.145. The highest BCUT2D eigenvalue weighted by atomic mass is 32.2. The molecule has 0 heterocycles. The van der Waals surface area contributed by atoms with E-state index in [-0.39, 0.29) is 30.3 Å². The average Bonchev–Trinajstić information content (AvgIpc) is 2.88. The standard InChI is InChI=1S/C28H26N2O5S/c1-2-35-26(32)18-23(31)19-36-24-15-9-14-22(17-24)29-28(34)25(16-20-10-5-3-6-11-20)30-27(33)21-12-7-4-8-13-21/h3-17H,2,18-19H2,1H3,(H,29,34)(H,30,33)/b25-16+. The Labute approximate surface area is 213 Å². The molecule has 0 saturated carbocycles. The zero-order valence-electron chi connectivity index (χ0n) is 19.7. The lowest BCUT2D eigenvalue weighted by atomic mass is 10.1. The lowest BCUT2D eigenvalue weighted by Gasteiger charge is -2.12. The van der Waals surface area contributed by atoms with E-state index in [2.05, 4.69) is 10.6 Å². The molecule has 0 aliphatic rings. The molecule has 0 unspecified atom stereocenters. The van der Waals surface area contributed by atoms with Crippen molar-refractivity contribution in [3.05, 3.63) is 102 Å². The molecule has 3 aromatic rings. The van der Waals surface area contributed by atoms with E-state index in [1.807, 2.05) is 30.3 Å². The fourth-order valence-electron chi connectivity index (χ4n) is 3.11. The Bertz CT molecular complexity index is 1240. The second-order valence-corrected chi connectivity index (χ2v) is 8.63. The van der Waals surface area contributed by atoms with E-state index in [1.54, 1.807) is 67.6 Å². The summed E-state index contributed by atoms with van der Waals surface area (Å²) in [6.45, 7) is 1.91. The van der Waals surface area contributed by atoms with Crippen molar-refractivity contribution in [1.82, 2.24) is 5.32 Å². The van der Waals surface area contributed by atoms with Crippen LogP contribution in [-0.4, -0.2) is 35.9 Å². The molecular formula is C28H26N2O5S. The first-order chi connectivity index (χ1) is 17.4. The van der Waals surface area contributed by atoms with Crippen LogP contribution in [0.3, 0.4) is 0 Å². The molecule has 184 valence electrons. The number of Topliss-reactive ketones (excluding diaryl/α,β-unsaturated/α-hetero) is 1. The minimum Gasteiger partial charge on any atom is -0.466 e. The van der Waals surface area contributed by atoms with Gasteiger partial charge < -0.3 is 15.4 Å². The third kappa shape index (κ3) is 8.56. The number of carbonyl (C=O) groups is 4. The van der Waals surface area contributed by atoms with Crippen LogP contribution < -0.4 is 10.6 Å². The summed E-state index contributed by atoms with van der Waals surface area (Å²) in [4.78, 5) is 50.1. The number of hydrogen-bond donors (Lipinski definition) is 2. The van der Waals surface area contributed by atoms with Crippen LogP contribution in [-0.2, 0) is 19.1 Å². The van der Waals surface area contributed by atoms with Gasteiger partial charge >= 0.3 is 5.97 Å². The van der Waals surface area contributed by atoms with Crippen molar-refractivity contribution in [3.8, 4) is 0 Å². The fourth-order valence-corrected chi connectivity index (χ4v) is 3.92. The molecule has 36 heavy (non-hydrogen) atoms. The predicted molar refractivity (Wildman–Crippen MR) is 140 cm³/mol. The second kappa shape index (κ2) is 13.7. The monoisotopic (exact) mass is 502 g/mol. The molecule has 0 atom stereocenters. The summed E-state index contributed by atoms with van der Waals surface area (Å²) in [5.41, 5.74) is 1.75. The molecule has 7 nitrogen and oxygen atoms in total. The van der Waals surface area contributed by atoms with Crippen LogP contribution in [0.25, 0.3) is 6.08 Å². The molecule has 0 aromatic heterocycles. The van der Waals surface area contributed by atoms with Crippen LogP contribution in [0.15, 0.2) is 95.5 Å². The molecule has 2 amide bonds. The zero-order valence-corrected chi connectivity index (χ0v) is 20.5. The smallest absolute Gasteiger partial charge is 0.313 e. The van der Waals surface area contributed by atoms with E-state index in [1.165, 1.54) is 11.8 Å². The van der Waals surface area contributed by atoms with Gasteiger partial charge in [0.05, 0.1) is 12.4 Å². The molecule has 3 rings (SSSR count). The topological polar surface area (TPSA) is 102 Å². The summed E-state index contributed by atoms with van der Waals surface area (Å²) >= 11 is 1.26. The van der Waals surface area contributed by atoms with Crippen molar-refractivity contribution in [2.45, 2.75) is 18.2 Å². The van der Waals surface area contributed by atoms with E-state index in [0.717, 1.165) is 10.5 Å². The van der Waals surface area contributed by atoms with Gasteiger partial charge in [0.2, 0.25) is 0 Å². The highest BCUT2D eigenvalue weighted by Gasteiger charge is 2.16. The maximum atomic E-state index is 13.1. The Morgan fingerprint density at radius 3 is 2.28 bits per heavy atom. The minimum atomic E-state index is -0.542. The summed E-state index contributed by atoms with van der Waals surface area (Å²) in [5.74, 6) is -1.59. The van der Waals surface area contributed by atoms with E-state index >= 15 is 0 Å². The number of ketones is 1. The van der Waals surface area contributed by atoms with Crippen molar-refractivity contribution in [2.24, 2.45) is 0 Å². The van der Waals surface area contributed by atoms with Crippen molar-refractivity contribution < 1.29 is 23.9 Å². The number of thioether (sulfide) groups is 1. The highest BCUT2D eigenvalue weighted by Crippen LogP contribution is 2.22. The van der Waals surface area contributed by atoms with Crippen molar-refractivity contribution in [3.63, 3.8) is 0 Å². The van der Waals surface area contributed by atoms with Crippen LogP contribution in [0, 0.1) is 0 Å². The number of benzene rings is 3. The van der Waals surface area contributed by atoms with Crippen LogP contribution in [0.1, 0.15) is 29.3 Å². The molecule has 0 bridgehead atoms. The fraction of sp³-hybridized carbons (Fsp3) is 0.143. The third-order valence-corrected chi connectivity index (χ3v) is 5.83. The molecule has 0 radical (unpaired) electrons. The minimum absolute atomic E-state index is 0.0812. The number of amides is 2. The molecule has 8 heteroatoms. The second-order valence-electron chi connectivity index (χ2n) is 7.58. The molecule has 0 aliphatic heterocycles. The van der Waals surface area contributed by atoms with Gasteiger partial charge in [-0.25, -0.2) is 0 Å². The van der Waals surface area contributed by atoms with Crippen LogP contribution in [0.4, 0.5) is 5.69 Å². The number of hydrogen-bond acceptors (Lipinski definition) is 6. The predicted octanol–water partition coefficient (Wildman–Crippen LogP) is 4.71. The summed E-state index contributed by atoms with van der Waals surface area (Å²) in [6, 6.07) is 24.8. The number of esters is 1. The molecule has 0 spiro atoms. The molecule has 0 fully saturated rings. The van der Waals surface area contributed by atoms with E-state index in [4.69, 9.17) is 4.74 Å². The van der Waals surface area contributed by atoms with E-state index in [9.17, 15) is 19.2 Å². The van der Waals surface area contributed by atoms with E-state index in [0.29, 0.717) is 11.3 Å². The maximum Gasteiger partial charge on any atom is 0.313 e. The van der Waals surface area contributed by atoms with Gasteiger partial charge in [-0.3, -0.25) is 19.2 Å². The highest BCUT2D eigenvalue weighted by molar-refractivity contribution is 8.00. The molecule has 0 saturated heterocycles. The Morgan fingerprint density at radius 1 is 0.889 bits per heavy atom. The van der Waals surface area contributed by atoms with Crippen LogP contribution >= 0.6 is 11.8 Å². The molecular weight excluding hydrogens is 476 g/mol. The third-order valence-electron chi connectivity index (χ3n) is 4.78. The Hall–Kier alpha value is -4.17. The first-order valence-electron chi connectivity index (χ1n) is 11.3. The van der Waals surface area contributed by atoms with Gasteiger partial charge in [0.15, 0.2) is 5.78 Å². The SMILES string of the molecule is CCOC(=O)CC(=O)CSc1cccc(NC(=O)/C(=C\c2ccccc2)NC(=O)c2ccccc2)c1. The normalized spacial score (nSPS) is 10.9. The number of carbonyl (C=O) groups excluding carboxylic acids is 4. The van der Waals surface area contributed by atoms with Gasteiger partial charge in [-0.2, -0.15) is 0 Å². The Kier molecular flexibility index (Phi) is 10.0. The van der Waals surface area contributed by atoms with Gasteiger partial charge in [0, 0.05) is 16.1 Å². The summed E-state index contributed by atoms with van der Waals surface area (Å²) in [5, 5.41) is 5.50. The zero-order chi connectivity index (χ0) is 25.8. The van der Waals surface area contributed by atoms with Crippen molar-refractivity contribution >= 4 is 47.1 Å². The first kappa shape index (κ1) is 26.4. The van der Waals surface area contributed by atoms with Crippen LogP contribution in [0.5, 0.6) is 0 Å². The van der Waals surface area contributed by atoms with Gasteiger partial charge in [-0.15, -0.1) is 11.8 Å². The van der Waals surface area contributed by atoms with E-state index < -0.39 is 17.8 Å². The van der Waals surface area contributed by atoms with Crippen molar-refractivity contribution in [1.29, 1.82) is 0 Å². The van der Waals surface area contributed by atoms with Crippen LogP contribution in [0.2, 0.25) is 0 Å². The summed E-state index contributed by atoms with van der Waals surface area (Å²) < 4.78 is 4.80. The lowest BCUT2D eigenvalue weighted by Crippen LogP contribution is -2.30. The molecule has 0 aliphatic carbocycles. The average molecular weight is 503 g/mol. The first-order valence-corrected chi connectivity index (χ1v) is 12.3. The molecule has 2 N–H and O–H groups in total. The van der Waals surface area contributed by atoms with Crippen molar-refractivity contribution in [2.75, 3.05) is 17.7 Å². The van der Waals surface area contributed by atoms with Gasteiger partial charge in [0.25, 0.3) is 11.8 Å². The Morgan fingerprint density at radius 2 is 1.58 bits per heavy atom. The summed E-state index contributed by atoms with van der Waals surface area (Å²) in [6.07, 6.45) is 1.33. The maximum absolute atomic E-state index is 13.1. The van der Waals surface area contributed by atoms with Gasteiger partial charge in [-0.1, -0.05) is 54.6 Å². The largest absolute Gasteiger partial charge is 0.466 e. The Balaban J connectivity index is 1.70. The number of nitrogens with one attached hydrogen (secondary N) is 2. The number of rotatable bonds is 11. The number of anilines is 1. The molecule has 3 aromatic carbocycles. The van der Waals surface area contributed by atoms with Gasteiger partial charge in [0.1, 0.15) is 12.1 Å². The summed E-state index contributed by atoms with van der Waals surface area (Å²) in [7, 11) is 0. The van der Waals surface area contributed by atoms with Gasteiger partial charge in [-0.05, 0) is 48.9 Å². The quantitative estimate of drug-likeness (QED) is 0.170.